The highest BCUT2D eigenvalue weighted by Crippen LogP contribution is 2.27. The minimum Gasteiger partial charge on any atom is -0.506 e. The number of nitriles is 1. The maximum atomic E-state index is 11.3. The molecule has 0 saturated carbocycles. The molecule has 4 nitrogen and oxygen atoms in total. The first kappa shape index (κ1) is 13.3. The Bertz CT molecular complexity index is 466. The van der Waals surface area contributed by atoms with Crippen molar-refractivity contribution in [2.45, 2.75) is 19.2 Å². The number of rotatable bonds is 4. The summed E-state index contributed by atoms with van der Waals surface area (Å²) in [5.74, 6) is -0.480. The van der Waals surface area contributed by atoms with Crippen molar-refractivity contribution >= 4 is 17.6 Å². The van der Waals surface area contributed by atoms with Gasteiger partial charge in [0.15, 0.2) is 0 Å². The molecule has 1 aromatic carbocycles. The van der Waals surface area contributed by atoms with Crippen LogP contribution in [0.2, 0.25) is 0 Å². The predicted molar refractivity (Wildman–Crippen MR) is 62.7 cm³/mol. The summed E-state index contributed by atoms with van der Waals surface area (Å²) in [5, 5.41) is 18.7. The average molecular weight is 254 g/mol. The summed E-state index contributed by atoms with van der Waals surface area (Å²) in [5.41, 5.74) is 0.990. The van der Waals surface area contributed by atoms with E-state index in [-0.39, 0.29) is 30.2 Å². The maximum Gasteiger partial charge on any atom is 0.310 e. The van der Waals surface area contributed by atoms with Crippen LogP contribution in [0.15, 0.2) is 12.1 Å². The highest BCUT2D eigenvalue weighted by atomic mass is 35.5. The molecule has 5 heteroatoms. The van der Waals surface area contributed by atoms with Gasteiger partial charge in [-0.25, -0.2) is 0 Å². The topological polar surface area (TPSA) is 70.3 Å². The van der Waals surface area contributed by atoms with E-state index < -0.39 is 5.97 Å². The second kappa shape index (κ2) is 6.12. The second-order valence-corrected chi connectivity index (χ2v) is 3.60. The maximum absolute atomic E-state index is 11.3. The van der Waals surface area contributed by atoms with Crippen LogP contribution in [-0.4, -0.2) is 17.7 Å². The number of esters is 1. The van der Waals surface area contributed by atoms with Gasteiger partial charge in [-0.15, -0.1) is 11.6 Å². The molecule has 0 atom stereocenters. The summed E-state index contributed by atoms with van der Waals surface area (Å²) in [7, 11) is 0. The lowest BCUT2D eigenvalue weighted by molar-refractivity contribution is -0.142. The van der Waals surface area contributed by atoms with E-state index in [1.165, 1.54) is 0 Å². The number of benzene rings is 1. The van der Waals surface area contributed by atoms with Crippen LogP contribution in [0.4, 0.5) is 0 Å². The van der Waals surface area contributed by atoms with E-state index in [2.05, 4.69) is 0 Å². The van der Waals surface area contributed by atoms with Gasteiger partial charge in [0.05, 0.1) is 24.5 Å². The van der Waals surface area contributed by atoms with Gasteiger partial charge in [-0.3, -0.25) is 4.79 Å². The Morgan fingerprint density at radius 1 is 1.53 bits per heavy atom. The molecular weight excluding hydrogens is 242 g/mol. The Morgan fingerprint density at radius 2 is 2.18 bits per heavy atom. The molecule has 0 aromatic heterocycles. The molecule has 0 fully saturated rings. The average Bonchev–Trinajstić information content (AvgIpc) is 2.30. The van der Waals surface area contributed by atoms with Crippen molar-refractivity contribution in [3.05, 3.63) is 28.8 Å². The zero-order valence-electron chi connectivity index (χ0n) is 9.36. The smallest absolute Gasteiger partial charge is 0.310 e. The molecule has 17 heavy (non-hydrogen) atoms. The summed E-state index contributed by atoms with van der Waals surface area (Å²) < 4.78 is 4.79. The molecule has 0 aliphatic carbocycles. The van der Waals surface area contributed by atoms with Gasteiger partial charge >= 0.3 is 5.97 Å². The van der Waals surface area contributed by atoms with E-state index in [1.807, 2.05) is 6.07 Å². The van der Waals surface area contributed by atoms with E-state index in [0.29, 0.717) is 11.1 Å². The second-order valence-electron chi connectivity index (χ2n) is 3.33. The summed E-state index contributed by atoms with van der Waals surface area (Å²) >= 11 is 5.61. The van der Waals surface area contributed by atoms with Crippen LogP contribution in [0.1, 0.15) is 23.6 Å². The van der Waals surface area contributed by atoms with Gasteiger partial charge in [-0.2, -0.15) is 5.26 Å². The number of hydrogen-bond donors (Lipinski definition) is 1. The lowest BCUT2D eigenvalue weighted by Crippen LogP contribution is -2.09. The molecule has 0 bridgehead atoms. The molecule has 90 valence electrons. The molecule has 1 N–H and O–H groups in total. The fourth-order valence-corrected chi connectivity index (χ4v) is 1.64. The fourth-order valence-electron chi connectivity index (χ4n) is 1.42. The van der Waals surface area contributed by atoms with Crippen LogP contribution >= 0.6 is 11.6 Å². The number of ether oxygens (including phenoxy) is 1. The van der Waals surface area contributed by atoms with Gasteiger partial charge in [0.1, 0.15) is 11.8 Å². The Hall–Kier alpha value is -1.73. The number of carbonyl (C=O) groups excluding carboxylic acids is 1. The summed E-state index contributed by atoms with van der Waals surface area (Å²) in [6.45, 7) is 1.99. The lowest BCUT2D eigenvalue weighted by atomic mass is 10.0. The fraction of sp³-hybridized carbons (Fsp3) is 0.333. The summed E-state index contributed by atoms with van der Waals surface area (Å²) in [6.07, 6.45) is -0.0349. The summed E-state index contributed by atoms with van der Waals surface area (Å²) in [6, 6.07) is 5.07. The van der Waals surface area contributed by atoms with Crippen LogP contribution < -0.4 is 0 Å². The van der Waals surface area contributed by atoms with Gasteiger partial charge in [-0.1, -0.05) is 12.1 Å². The minimum absolute atomic E-state index is 0.0349. The number of halogens is 1. The molecular formula is C12H12ClNO3. The van der Waals surface area contributed by atoms with Gasteiger partial charge in [0.25, 0.3) is 0 Å². The number of hydrogen-bond acceptors (Lipinski definition) is 4. The quantitative estimate of drug-likeness (QED) is 0.659. The van der Waals surface area contributed by atoms with Crippen molar-refractivity contribution in [3.8, 4) is 11.8 Å². The number of alkyl halides is 1. The van der Waals surface area contributed by atoms with Gasteiger partial charge in [-0.05, 0) is 12.5 Å². The minimum atomic E-state index is -0.429. The normalized spacial score (nSPS) is 9.71. The van der Waals surface area contributed by atoms with E-state index in [4.69, 9.17) is 21.6 Å². The molecule has 1 rings (SSSR count). The molecule has 0 aliphatic rings. The monoisotopic (exact) mass is 253 g/mol. The Morgan fingerprint density at radius 3 is 2.71 bits per heavy atom. The molecule has 0 heterocycles. The van der Waals surface area contributed by atoms with Crippen LogP contribution in [0, 0.1) is 11.3 Å². The number of nitrogens with zero attached hydrogens (tertiary/aromatic N) is 1. The molecule has 0 aliphatic heterocycles. The zero-order valence-corrected chi connectivity index (χ0v) is 10.1. The number of phenols is 1. The SMILES string of the molecule is CCOC(=O)Cc1ccc(CCl)c(O)c1C#N. The van der Waals surface area contributed by atoms with Crippen molar-refractivity contribution < 1.29 is 14.6 Å². The first-order valence-corrected chi connectivity index (χ1v) is 5.62. The highest BCUT2D eigenvalue weighted by Gasteiger charge is 2.14. The van der Waals surface area contributed by atoms with E-state index >= 15 is 0 Å². The standard InChI is InChI=1S/C12H12ClNO3/c1-2-17-11(15)5-8-3-4-9(6-13)12(16)10(8)7-14/h3-4,16H,2,5-6H2,1H3. The molecule has 0 amide bonds. The number of phenolic OH excluding ortho intramolecular Hbond substituents is 1. The molecule has 0 spiro atoms. The van der Waals surface area contributed by atoms with Gasteiger partial charge in [0, 0.05) is 5.56 Å². The molecule has 1 aromatic rings. The third-order valence-corrected chi connectivity index (χ3v) is 2.53. The third-order valence-electron chi connectivity index (χ3n) is 2.24. The zero-order chi connectivity index (χ0) is 12.8. The number of carbonyl (C=O) groups is 1. The van der Waals surface area contributed by atoms with E-state index in [1.54, 1.807) is 19.1 Å². The lowest BCUT2D eigenvalue weighted by Gasteiger charge is -2.08. The van der Waals surface area contributed by atoms with E-state index in [0.717, 1.165) is 0 Å². The molecule has 0 saturated heterocycles. The van der Waals surface area contributed by atoms with Crippen LogP contribution in [-0.2, 0) is 21.8 Å². The first-order chi connectivity index (χ1) is 8.13. The van der Waals surface area contributed by atoms with Crippen molar-refractivity contribution in [3.63, 3.8) is 0 Å². The molecule has 0 radical (unpaired) electrons. The largest absolute Gasteiger partial charge is 0.506 e. The van der Waals surface area contributed by atoms with Crippen molar-refractivity contribution in [2.75, 3.05) is 6.61 Å². The van der Waals surface area contributed by atoms with Crippen molar-refractivity contribution in [1.29, 1.82) is 5.26 Å². The first-order valence-electron chi connectivity index (χ1n) is 5.09. The Balaban J connectivity index is 3.06. The van der Waals surface area contributed by atoms with Gasteiger partial charge in [0.2, 0.25) is 0 Å². The van der Waals surface area contributed by atoms with Crippen LogP contribution in [0.5, 0.6) is 5.75 Å². The van der Waals surface area contributed by atoms with Gasteiger partial charge < -0.3 is 9.84 Å². The van der Waals surface area contributed by atoms with Crippen molar-refractivity contribution in [1.82, 2.24) is 0 Å². The third kappa shape index (κ3) is 3.11. The summed E-state index contributed by atoms with van der Waals surface area (Å²) in [4.78, 5) is 11.3. The van der Waals surface area contributed by atoms with E-state index in [9.17, 15) is 9.90 Å². The Labute approximate surface area is 104 Å². The van der Waals surface area contributed by atoms with Crippen LogP contribution in [0.25, 0.3) is 0 Å². The molecule has 0 unspecified atom stereocenters. The number of aromatic hydroxyl groups is 1. The highest BCUT2D eigenvalue weighted by molar-refractivity contribution is 6.17. The van der Waals surface area contributed by atoms with Crippen molar-refractivity contribution in [2.24, 2.45) is 0 Å². The van der Waals surface area contributed by atoms with Crippen LogP contribution in [0.3, 0.4) is 0 Å². The Kier molecular flexibility index (Phi) is 4.80. The predicted octanol–water partition coefficient (Wildman–Crippen LogP) is 2.11.